The van der Waals surface area contributed by atoms with Crippen molar-refractivity contribution in [3.63, 3.8) is 0 Å². The summed E-state index contributed by atoms with van der Waals surface area (Å²) in [5, 5.41) is 13.6. The molecular weight excluding hydrogens is 238 g/mol. The zero-order chi connectivity index (χ0) is 13.3. The summed E-state index contributed by atoms with van der Waals surface area (Å²) in [6.45, 7) is 0.443. The number of benzene rings is 1. The van der Waals surface area contributed by atoms with E-state index in [9.17, 15) is 14.9 Å². The Labute approximate surface area is 103 Å². The maximum atomic E-state index is 11.4. The Hall–Kier alpha value is -2.31. The van der Waals surface area contributed by atoms with Gasteiger partial charge in [0.05, 0.1) is 18.1 Å². The number of nitro benzene ring substituents is 1. The third kappa shape index (κ3) is 1.94. The molecular formula is C11H13N3O4. The third-order valence-electron chi connectivity index (χ3n) is 3.02. The van der Waals surface area contributed by atoms with Crippen LogP contribution in [0.4, 0.5) is 10.5 Å². The van der Waals surface area contributed by atoms with Crippen LogP contribution in [0.1, 0.15) is 11.6 Å². The molecule has 0 aliphatic carbocycles. The summed E-state index contributed by atoms with van der Waals surface area (Å²) in [7, 11) is 3.04. The second-order valence-electron chi connectivity index (χ2n) is 4.00. The predicted molar refractivity (Wildman–Crippen MR) is 63.6 cm³/mol. The lowest BCUT2D eigenvalue weighted by atomic mass is 10.1. The summed E-state index contributed by atoms with van der Waals surface area (Å²) in [6, 6.07) is 4.35. The number of ether oxygens (including phenoxy) is 1. The number of nitrogens with zero attached hydrogens (tertiary/aromatic N) is 2. The Balaban J connectivity index is 2.38. The van der Waals surface area contributed by atoms with Crippen molar-refractivity contribution in [2.75, 3.05) is 20.7 Å². The number of urea groups is 1. The van der Waals surface area contributed by atoms with Crippen LogP contribution >= 0.6 is 0 Å². The van der Waals surface area contributed by atoms with Gasteiger partial charge in [-0.05, 0) is 11.6 Å². The van der Waals surface area contributed by atoms with E-state index in [-0.39, 0.29) is 23.5 Å². The van der Waals surface area contributed by atoms with E-state index in [1.54, 1.807) is 19.2 Å². The maximum Gasteiger partial charge on any atom is 0.317 e. The Morgan fingerprint density at radius 1 is 1.56 bits per heavy atom. The summed E-state index contributed by atoms with van der Waals surface area (Å²) in [6.07, 6.45) is 0. The van der Waals surface area contributed by atoms with Crippen LogP contribution in [0.2, 0.25) is 0 Å². The molecule has 0 aromatic heterocycles. The molecule has 1 aromatic carbocycles. The molecule has 1 N–H and O–H groups in total. The van der Waals surface area contributed by atoms with Gasteiger partial charge in [-0.25, -0.2) is 4.79 Å². The van der Waals surface area contributed by atoms with Gasteiger partial charge >= 0.3 is 11.7 Å². The number of hydrogen-bond donors (Lipinski definition) is 1. The normalized spacial score (nSPS) is 18.7. The summed E-state index contributed by atoms with van der Waals surface area (Å²) in [5.41, 5.74) is 0.617. The fraction of sp³-hybridized carbons (Fsp3) is 0.364. The molecule has 1 atom stereocenters. The molecule has 1 heterocycles. The van der Waals surface area contributed by atoms with E-state index in [2.05, 4.69) is 5.32 Å². The lowest BCUT2D eigenvalue weighted by Crippen LogP contribution is -2.25. The lowest BCUT2D eigenvalue weighted by Gasteiger charge is -2.18. The minimum Gasteiger partial charge on any atom is -0.490 e. The van der Waals surface area contributed by atoms with Crippen molar-refractivity contribution >= 4 is 11.7 Å². The van der Waals surface area contributed by atoms with E-state index in [1.165, 1.54) is 18.1 Å². The second kappa shape index (κ2) is 4.52. The van der Waals surface area contributed by atoms with Gasteiger partial charge in [0.25, 0.3) is 0 Å². The molecule has 0 saturated carbocycles. The van der Waals surface area contributed by atoms with Gasteiger partial charge in [-0.1, -0.05) is 6.07 Å². The van der Waals surface area contributed by atoms with Crippen molar-refractivity contribution in [2.24, 2.45) is 0 Å². The van der Waals surface area contributed by atoms with Crippen molar-refractivity contribution in [1.29, 1.82) is 0 Å². The minimum absolute atomic E-state index is 0.0947. The number of rotatable bonds is 3. The van der Waals surface area contributed by atoms with Crippen LogP contribution in [0.15, 0.2) is 18.2 Å². The van der Waals surface area contributed by atoms with Gasteiger partial charge in [-0.15, -0.1) is 0 Å². The van der Waals surface area contributed by atoms with Crippen LogP contribution in [0.3, 0.4) is 0 Å². The number of carbonyl (C=O) groups excluding carboxylic acids is 1. The average molecular weight is 251 g/mol. The first-order valence-corrected chi connectivity index (χ1v) is 5.37. The van der Waals surface area contributed by atoms with E-state index >= 15 is 0 Å². The first-order valence-electron chi connectivity index (χ1n) is 5.37. The Bertz CT molecular complexity index is 503. The first kappa shape index (κ1) is 12.2. The molecule has 18 heavy (non-hydrogen) atoms. The van der Waals surface area contributed by atoms with E-state index < -0.39 is 4.92 Å². The molecule has 7 heteroatoms. The van der Waals surface area contributed by atoms with Gasteiger partial charge in [-0.2, -0.15) is 0 Å². The van der Waals surface area contributed by atoms with Gasteiger partial charge in [0.15, 0.2) is 5.75 Å². The van der Waals surface area contributed by atoms with Crippen LogP contribution in [-0.4, -0.2) is 36.6 Å². The zero-order valence-electron chi connectivity index (χ0n) is 10.0. The predicted octanol–water partition coefficient (Wildman–Crippen LogP) is 1.30. The molecule has 1 saturated heterocycles. The Morgan fingerprint density at radius 2 is 2.28 bits per heavy atom. The van der Waals surface area contributed by atoms with Crippen LogP contribution in [0.5, 0.6) is 5.75 Å². The number of likely N-dealkylation sites (N-methyl/N-ethyl adjacent to an activating group) is 1. The molecule has 1 aliphatic heterocycles. The SMILES string of the molecule is COc1ccc(C2CNC(=O)N2C)cc1[N+](=O)[O-]. The third-order valence-corrected chi connectivity index (χ3v) is 3.02. The first-order chi connectivity index (χ1) is 8.54. The van der Waals surface area contributed by atoms with Crippen molar-refractivity contribution in [2.45, 2.75) is 6.04 Å². The standard InChI is InChI=1S/C11H13N3O4/c1-13-9(6-12-11(13)15)7-3-4-10(18-2)8(5-7)14(16)17/h3-5,9H,6H2,1-2H3,(H,12,15). The quantitative estimate of drug-likeness (QED) is 0.648. The molecule has 96 valence electrons. The summed E-state index contributed by atoms with van der Waals surface area (Å²) < 4.78 is 4.93. The number of methoxy groups -OCH3 is 1. The van der Waals surface area contributed by atoms with E-state index in [1.807, 2.05) is 0 Å². The number of hydrogen-bond acceptors (Lipinski definition) is 4. The number of amides is 2. The van der Waals surface area contributed by atoms with Gasteiger partial charge in [-0.3, -0.25) is 10.1 Å². The van der Waals surface area contributed by atoms with E-state index in [0.717, 1.165) is 0 Å². The maximum absolute atomic E-state index is 11.4. The summed E-state index contributed by atoms with van der Waals surface area (Å²) in [4.78, 5) is 23.3. The fourth-order valence-electron chi connectivity index (χ4n) is 1.99. The number of nitrogens with one attached hydrogen (secondary N) is 1. The zero-order valence-corrected chi connectivity index (χ0v) is 10.0. The molecule has 2 amide bonds. The molecule has 1 unspecified atom stereocenters. The average Bonchev–Trinajstić information content (AvgIpc) is 2.69. The van der Waals surface area contributed by atoms with Gasteiger partial charge in [0.1, 0.15) is 0 Å². The molecule has 1 aromatic rings. The van der Waals surface area contributed by atoms with Crippen molar-refractivity contribution in [1.82, 2.24) is 10.2 Å². The molecule has 2 rings (SSSR count). The Morgan fingerprint density at radius 3 is 2.78 bits per heavy atom. The van der Waals surface area contributed by atoms with Gasteiger partial charge < -0.3 is 15.0 Å². The van der Waals surface area contributed by atoms with Gasteiger partial charge in [0, 0.05) is 19.7 Å². The highest BCUT2D eigenvalue weighted by molar-refractivity contribution is 5.77. The van der Waals surface area contributed by atoms with Crippen LogP contribution < -0.4 is 10.1 Å². The molecule has 0 spiro atoms. The molecule has 0 bridgehead atoms. The fourth-order valence-corrected chi connectivity index (χ4v) is 1.99. The monoisotopic (exact) mass is 251 g/mol. The Kier molecular flexibility index (Phi) is 3.05. The topological polar surface area (TPSA) is 84.7 Å². The minimum atomic E-state index is -0.494. The van der Waals surface area contributed by atoms with Crippen LogP contribution in [0.25, 0.3) is 0 Å². The van der Waals surface area contributed by atoms with Crippen LogP contribution in [0, 0.1) is 10.1 Å². The molecule has 0 radical (unpaired) electrons. The second-order valence-corrected chi connectivity index (χ2v) is 4.00. The van der Waals surface area contributed by atoms with Crippen molar-refractivity contribution in [3.8, 4) is 5.75 Å². The summed E-state index contributed by atoms with van der Waals surface area (Å²) >= 11 is 0. The number of nitro groups is 1. The smallest absolute Gasteiger partial charge is 0.317 e. The lowest BCUT2D eigenvalue weighted by molar-refractivity contribution is -0.385. The van der Waals surface area contributed by atoms with Crippen molar-refractivity contribution < 1.29 is 14.5 Å². The molecule has 1 fully saturated rings. The largest absolute Gasteiger partial charge is 0.490 e. The highest BCUT2D eigenvalue weighted by Gasteiger charge is 2.30. The van der Waals surface area contributed by atoms with E-state index in [4.69, 9.17) is 4.74 Å². The van der Waals surface area contributed by atoms with Crippen LogP contribution in [-0.2, 0) is 0 Å². The van der Waals surface area contributed by atoms with Crippen molar-refractivity contribution in [3.05, 3.63) is 33.9 Å². The molecule has 7 nitrogen and oxygen atoms in total. The number of carbonyl (C=O) groups is 1. The highest BCUT2D eigenvalue weighted by Crippen LogP contribution is 2.32. The van der Waals surface area contributed by atoms with E-state index in [0.29, 0.717) is 12.1 Å². The highest BCUT2D eigenvalue weighted by atomic mass is 16.6. The molecule has 1 aliphatic rings. The summed E-state index contributed by atoms with van der Waals surface area (Å²) in [5.74, 6) is 0.212. The van der Waals surface area contributed by atoms with Gasteiger partial charge in [0.2, 0.25) is 0 Å².